The van der Waals surface area contributed by atoms with Crippen molar-refractivity contribution in [2.24, 2.45) is 7.05 Å². The van der Waals surface area contributed by atoms with Gasteiger partial charge in [0.2, 0.25) is 0 Å². The SMILES string of the molecule is Cn1cc(-c2ccc(N)c(C(=N)c3cc(N4CC5CCC(C4)O5)ncn3)c2)cn1. The van der Waals surface area contributed by atoms with Crippen LogP contribution in [0.3, 0.4) is 0 Å². The third-order valence-corrected chi connectivity index (χ3v) is 5.64. The van der Waals surface area contributed by atoms with Gasteiger partial charge in [0, 0.05) is 49.2 Å². The van der Waals surface area contributed by atoms with E-state index in [1.54, 1.807) is 10.9 Å². The van der Waals surface area contributed by atoms with Gasteiger partial charge in [-0.05, 0) is 30.5 Å². The lowest BCUT2D eigenvalue weighted by Gasteiger charge is -2.33. The molecular weight excluding hydrogens is 366 g/mol. The Morgan fingerprint density at radius 1 is 1.14 bits per heavy atom. The average Bonchev–Trinajstić information content (AvgIpc) is 3.32. The second-order valence-corrected chi connectivity index (χ2v) is 7.70. The summed E-state index contributed by atoms with van der Waals surface area (Å²) in [4.78, 5) is 11.0. The minimum atomic E-state index is 0.276. The first-order valence-corrected chi connectivity index (χ1v) is 9.77. The van der Waals surface area contributed by atoms with E-state index in [9.17, 15) is 0 Å². The minimum Gasteiger partial charge on any atom is -0.398 e. The normalized spacial score (nSPS) is 20.8. The van der Waals surface area contributed by atoms with E-state index in [0.29, 0.717) is 16.9 Å². The van der Waals surface area contributed by atoms with Crippen LogP contribution in [-0.2, 0) is 11.8 Å². The number of hydrogen-bond acceptors (Lipinski definition) is 7. The lowest BCUT2D eigenvalue weighted by Crippen LogP contribution is -2.43. The Morgan fingerprint density at radius 2 is 1.93 bits per heavy atom. The van der Waals surface area contributed by atoms with Crippen LogP contribution in [0.1, 0.15) is 24.1 Å². The smallest absolute Gasteiger partial charge is 0.132 e. The quantitative estimate of drug-likeness (QED) is 0.524. The zero-order valence-electron chi connectivity index (χ0n) is 16.2. The number of benzene rings is 1. The highest BCUT2D eigenvalue weighted by atomic mass is 16.5. The Bertz CT molecular complexity index is 1060. The zero-order chi connectivity index (χ0) is 20.0. The van der Waals surface area contributed by atoms with E-state index in [0.717, 1.165) is 42.9 Å². The van der Waals surface area contributed by atoms with Crippen molar-refractivity contribution in [1.29, 1.82) is 5.41 Å². The van der Waals surface area contributed by atoms with E-state index in [2.05, 4.69) is 20.0 Å². The third-order valence-electron chi connectivity index (χ3n) is 5.64. The Labute approximate surface area is 168 Å². The Balaban J connectivity index is 1.45. The van der Waals surface area contributed by atoms with Crippen LogP contribution < -0.4 is 10.6 Å². The number of morpholine rings is 1. The van der Waals surface area contributed by atoms with Gasteiger partial charge in [0.15, 0.2) is 0 Å². The summed E-state index contributed by atoms with van der Waals surface area (Å²) in [7, 11) is 1.88. The van der Waals surface area contributed by atoms with Crippen molar-refractivity contribution in [2.75, 3.05) is 23.7 Å². The number of nitrogens with two attached hydrogens (primary N) is 1. The second-order valence-electron chi connectivity index (χ2n) is 7.70. The van der Waals surface area contributed by atoms with Crippen LogP contribution in [-0.4, -0.2) is 50.8 Å². The van der Waals surface area contributed by atoms with Crippen molar-refractivity contribution in [1.82, 2.24) is 19.7 Å². The molecule has 8 nitrogen and oxygen atoms in total. The summed E-state index contributed by atoms with van der Waals surface area (Å²) in [6.45, 7) is 1.66. The molecule has 2 atom stereocenters. The predicted molar refractivity (Wildman–Crippen MR) is 111 cm³/mol. The van der Waals surface area contributed by atoms with Crippen LogP contribution in [0.4, 0.5) is 11.5 Å². The molecule has 4 heterocycles. The third kappa shape index (κ3) is 3.36. The molecule has 3 aromatic rings. The fraction of sp³-hybridized carbons (Fsp3) is 0.333. The number of rotatable bonds is 4. The standard InChI is InChI=1S/C21H23N7O/c1-27-9-14(8-26-27)13-2-5-18(22)17(6-13)21(23)19-7-20(25-12-24-19)28-10-15-3-4-16(11-28)29-15/h2,5-9,12,15-16,23H,3-4,10-11,22H2,1H3. The Morgan fingerprint density at radius 3 is 2.66 bits per heavy atom. The van der Waals surface area contributed by atoms with Gasteiger partial charge < -0.3 is 15.4 Å². The summed E-state index contributed by atoms with van der Waals surface area (Å²) in [6.07, 6.45) is 8.02. The molecule has 148 valence electrons. The first kappa shape index (κ1) is 17.8. The second kappa shape index (κ2) is 6.97. The summed E-state index contributed by atoms with van der Waals surface area (Å²) in [5.74, 6) is 0.835. The lowest BCUT2D eigenvalue weighted by molar-refractivity contribution is 0.0302. The Kier molecular flexibility index (Phi) is 4.28. The summed E-state index contributed by atoms with van der Waals surface area (Å²) in [5.41, 5.74) is 10.2. The molecule has 0 amide bonds. The van der Waals surface area contributed by atoms with Crippen LogP contribution in [0, 0.1) is 5.41 Å². The van der Waals surface area contributed by atoms with Crippen molar-refractivity contribution in [2.45, 2.75) is 25.0 Å². The zero-order valence-corrected chi connectivity index (χ0v) is 16.2. The van der Waals surface area contributed by atoms with Crippen molar-refractivity contribution in [3.63, 3.8) is 0 Å². The molecule has 5 rings (SSSR count). The van der Waals surface area contributed by atoms with E-state index in [4.69, 9.17) is 15.9 Å². The molecule has 0 aliphatic carbocycles. The van der Waals surface area contributed by atoms with E-state index in [-0.39, 0.29) is 17.9 Å². The van der Waals surface area contributed by atoms with Gasteiger partial charge in [-0.25, -0.2) is 9.97 Å². The molecule has 8 heteroatoms. The Hall–Kier alpha value is -3.26. The average molecular weight is 389 g/mol. The number of nitrogen functional groups attached to an aromatic ring is 1. The molecule has 0 spiro atoms. The largest absolute Gasteiger partial charge is 0.398 e. The molecule has 0 saturated carbocycles. The van der Waals surface area contributed by atoms with Gasteiger partial charge in [-0.3, -0.25) is 10.1 Å². The van der Waals surface area contributed by atoms with Crippen molar-refractivity contribution >= 4 is 17.2 Å². The first-order chi connectivity index (χ1) is 14.1. The molecule has 2 aromatic heterocycles. The number of ether oxygens (including phenoxy) is 1. The summed E-state index contributed by atoms with van der Waals surface area (Å²) >= 11 is 0. The lowest BCUT2D eigenvalue weighted by atomic mass is 9.99. The molecule has 29 heavy (non-hydrogen) atoms. The van der Waals surface area contributed by atoms with Crippen LogP contribution in [0.2, 0.25) is 0 Å². The monoisotopic (exact) mass is 389 g/mol. The topological polar surface area (TPSA) is 106 Å². The highest BCUT2D eigenvalue weighted by molar-refractivity contribution is 6.13. The van der Waals surface area contributed by atoms with Gasteiger partial charge in [-0.1, -0.05) is 6.07 Å². The van der Waals surface area contributed by atoms with Gasteiger partial charge in [0.1, 0.15) is 12.1 Å². The number of hydrogen-bond donors (Lipinski definition) is 2. The summed E-state index contributed by atoms with van der Waals surface area (Å²) < 4.78 is 7.67. The van der Waals surface area contributed by atoms with Gasteiger partial charge in [-0.15, -0.1) is 0 Å². The number of aromatic nitrogens is 4. The van der Waals surface area contributed by atoms with Crippen LogP contribution in [0.5, 0.6) is 0 Å². The molecule has 2 aliphatic rings. The molecule has 1 aromatic carbocycles. The summed E-state index contributed by atoms with van der Waals surface area (Å²) in [6, 6.07) is 7.57. The van der Waals surface area contributed by atoms with Crippen molar-refractivity contribution in [3.8, 4) is 11.1 Å². The van der Waals surface area contributed by atoms with Gasteiger partial charge in [0.25, 0.3) is 0 Å². The molecule has 2 aliphatic heterocycles. The predicted octanol–water partition coefficient (Wildman–Crippen LogP) is 2.24. The van der Waals surface area contributed by atoms with Crippen LogP contribution in [0.25, 0.3) is 11.1 Å². The fourth-order valence-corrected chi connectivity index (χ4v) is 4.12. The van der Waals surface area contributed by atoms with Crippen LogP contribution >= 0.6 is 0 Å². The van der Waals surface area contributed by atoms with Gasteiger partial charge >= 0.3 is 0 Å². The number of fused-ring (bicyclic) bond motifs is 2. The summed E-state index contributed by atoms with van der Waals surface area (Å²) in [5, 5.41) is 13.0. The van der Waals surface area contributed by atoms with E-state index >= 15 is 0 Å². The molecule has 2 saturated heterocycles. The van der Waals surface area contributed by atoms with E-state index in [1.165, 1.54) is 6.33 Å². The number of nitrogens with zero attached hydrogens (tertiary/aromatic N) is 5. The van der Waals surface area contributed by atoms with E-state index < -0.39 is 0 Å². The maximum Gasteiger partial charge on any atom is 0.132 e. The highest BCUT2D eigenvalue weighted by Gasteiger charge is 2.34. The fourth-order valence-electron chi connectivity index (χ4n) is 4.12. The molecule has 0 radical (unpaired) electrons. The van der Waals surface area contributed by atoms with Gasteiger partial charge in [0.05, 0.1) is 29.8 Å². The highest BCUT2D eigenvalue weighted by Crippen LogP contribution is 2.30. The molecule has 3 N–H and O–H groups in total. The number of nitrogens with one attached hydrogen (secondary N) is 1. The minimum absolute atomic E-state index is 0.276. The molecule has 2 fully saturated rings. The van der Waals surface area contributed by atoms with Crippen molar-refractivity contribution < 1.29 is 4.74 Å². The number of anilines is 2. The van der Waals surface area contributed by atoms with E-state index in [1.807, 2.05) is 37.5 Å². The maximum absolute atomic E-state index is 8.74. The first-order valence-electron chi connectivity index (χ1n) is 9.77. The van der Waals surface area contributed by atoms with Gasteiger partial charge in [-0.2, -0.15) is 5.10 Å². The molecular formula is C21H23N7O. The molecule has 2 bridgehead atoms. The van der Waals surface area contributed by atoms with Crippen molar-refractivity contribution in [3.05, 3.63) is 54.2 Å². The molecule has 2 unspecified atom stereocenters. The number of aryl methyl sites for hydroxylation is 1. The maximum atomic E-state index is 8.74. The van der Waals surface area contributed by atoms with Crippen LogP contribution in [0.15, 0.2) is 43.0 Å².